The van der Waals surface area contributed by atoms with E-state index in [1.165, 1.54) is 6.42 Å². The highest BCUT2D eigenvalue weighted by Crippen LogP contribution is 2.60. The molecule has 4 aliphatic rings. The van der Waals surface area contributed by atoms with E-state index < -0.39 is 5.00 Å². The summed E-state index contributed by atoms with van der Waals surface area (Å²) < 4.78 is 0. The molecular formula is C10H14ClNO2. The zero-order chi connectivity index (χ0) is 9.92. The molecule has 4 fully saturated rings. The van der Waals surface area contributed by atoms with Crippen LogP contribution in [0, 0.1) is 33.8 Å². The van der Waals surface area contributed by atoms with Gasteiger partial charge in [0.15, 0.2) is 0 Å². The smallest absolute Gasteiger partial charge is 0.263 e. The molecule has 0 aromatic heterocycles. The van der Waals surface area contributed by atoms with Crippen LogP contribution < -0.4 is 0 Å². The number of halogens is 1. The number of nitro groups is 1. The Morgan fingerprint density at radius 1 is 1.07 bits per heavy atom. The maximum Gasteiger partial charge on any atom is 0.300 e. The van der Waals surface area contributed by atoms with Crippen LogP contribution in [-0.2, 0) is 0 Å². The molecular weight excluding hydrogens is 202 g/mol. The summed E-state index contributed by atoms with van der Waals surface area (Å²) in [5, 5.41) is 11.1. The summed E-state index contributed by atoms with van der Waals surface area (Å²) in [6, 6.07) is 0. The van der Waals surface area contributed by atoms with E-state index in [1.807, 2.05) is 0 Å². The van der Waals surface area contributed by atoms with Crippen LogP contribution in [0.4, 0.5) is 0 Å². The standard InChI is InChI=1S/C10H14ClNO2/c11-10(12(13)14)8-2-6-1-7(4-8)5-9(10)3-6/h6-9H,1-5H2. The lowest BCUT2D eigenvalue weighted by atomic mass is 9.54. The van der Waals surface area contributed by atoms with Gasteiger partial charge in [-0.1, -0.05) is 0 Å². The van der Waals surface area contributed by atoms with Crippen molar-refractivity contribution in [3.05, 3.63) is 10.1 Å². The molecule has 0 unspecified atom stereocenters. The third kappa shape index (κ3) is 0.940. The number of nitrogens with zero attached hydrogens (tertiary/aromatic N) is 1. The molecule has 4 heteroatoms. The summed E-state index contributed by atoms with van der Waals surface area (Å²) in [7, 11) is 0. The maximum atomic E-state index is 11.1. The van der Waals surface area contributed by atoms with Crippen molar-refractivity contribution in [2.75, 3.05) is 0 Å². The Kier molecular flexibility index (Phi) is 1.68. The number of rotatable bonds is 1. The van der Waals surface area contributed by atoms with Gasteiger partial charge in [-0.05, 0) is 55.5 Å². The molecule has 0 aliphatic heterocycles. The predicted octanol–water partition coefficient (Wildman–Crippen LogP) is 2.65. The molecule has 0 spiro atoms. The van der Waals surface area contributed by atoms with Crippen molar-refractivity contribution in [2.45, 2.75) is 37.1 Å². The largest absolute Gasteiger partial charge is 0.300 e. The SMILES string of the molecule is O=[N+]([O-])C1(Cl)C2CC3CC(C2)CC1C3. The Morgan fingerprint density at radius 3 is 1.86 bits per heavy atom. The van der Waals surface area contributed by atoms with Crippen LogP contribution >= 0.6 is 11.6 Å². The molecule has 0 radical (unpaired) electrons. The van der Waals surface area contributed by atoms with Crippen LogP contribution in [0.15, 0.2) is 0 Å². The minimum atomic E-state index is -1.10. The van der Waals surface area contributed by atoms with Gasteiger partial charge in [-0.15, -0.1) is 0 Å². The van der Waals surface area contributed by atoms with Gasteiger partial charge >= 0.3 is 0 Å². The molecule has 0 amide bonds. The Balaban J connectivity index is 1.98. The van der Waals surface area contributed by atoms with Crippen LogP contribution in [0.3, 0.4) is 0 Å². The molecule has 78 valence electrons. The Morgan fingerprint density at radius 2 is 1.50 bits per heavy atom. The third-order valence-corrected chi connectivity index (χ3v) is 5.32. The van der Waals surface area contributed by atoms with Crippen LogP contribution in [0.5, 0.6) is 0 Å². The fourth-order valence-corrected chi connectivity index (χ4v) is 4.50. The average Bonchev–Trinajstić information content (AvgIpc) is 2.12. The number of alkyl halides is 1. The quantitative estimate of drug-likeness (QED) is 0.292. The normalized spacial score (nSPS) is 54.9. The van der Waals surface area contributed by atoms with Gasteiger partial charge in [0, 0.05) is 16.8 Å². The fourth-order valence-electron chi connectivity index (χ4n) is 4.14. The monoisotopic (exact) mass is 215 g/mol. The van der Waals surface area contributed by atoms with Crippen LogP contribution in [0.25, 0.3) is 0 Å². The highest BCUT2D eigenvalue weighted by atomic mass is 35.5. The molecule has 0 saturated heterocycles. The summed E-state index contributed by atoms with van der Waals surface area (Å²) in [5.74, 6) is 1.78. The van der Waals surface area contributed by atoms with Crippen LogP contribution in [0.1, 0.15) is 32.1 Å². The lowest BCUT2D eigenvalue weighted by Gasteiger charge is -2.53. The van der Waals surface area contributed by atoms with Gasteiger partial charge in [0.25, 0.3) is 5.00 Å². The average molecular weight is 216 g/mol. The molecule has 4 aliphatic carbocycles. The van der Waals surface area contributed by atoms with Crippen LogP contribution in [-0.4, -0.2) is 9.92 Å². The molecule has 0 N–H and O–H groups in total. The molecule has 14 heavy (non-hydrogen) atoms. The number of hydrogen-bond donors (Lipinski definition) is 0. The zero-order valence-electron chi connectivity index (χ0n) is 7.99. The molecule has 0 aromatic rings. The minimum Gasteiger partial charge on any atom is -0.263 e. The predicted molar refractivity (Wildman–Crippen MR) is 52.6 cm³/mol. The van der Waals surface area contributed by atoms with Crippen molar-refractivity contribution in [1.29, 1.82) is 0 Å². The van der Waals surface area contributed by atoms with E-state index in [0.29, 0.717) is 0 Å². The van der Waals surface area contributed by atoms with Gasteiger partial charge in [0.1, 0.15) is 0 Å². The first-order valence-corrected chi connectivity index (χ1v) is 5.82. The maximum absolute atomic E-state index is 11.1. The van der Waals surface area contributed by atoms with Crippen molar-refractivity contribution < 1.29 is 4.92 Å². The van der Waals surface area contributed by atoms with E-state index in [1.54, 1.807) is 0 Å². The molecule has 0 aromatic carbocycles. The number of hydrogen-bond acceptors (Lipinski definition) is 2. The summed E-state index contributed by atoms with van der Waals surface area (Å²) >= 11 is 6.26. The van der Waals surface area contributed by atoms with Crippen molar-refractivity contribution >= 4 is 11.6 Å². The molecule has 0 atom stereocenters. The lowest BCUT2D eigenvalue weighted by Crippen LogP contribution is -2.58. The van der Waals surface area contributed by atoms with E-state index in [2.05, 4.69) is 0 Å². The van der Waals surface area contributed by atoms with Crippen LogP contribution in [0.2, 0.25) is 0 Å². The molecule has 4 saturated carbocycles. The first-order chi connectivity index (χ1) is 6.60. The van der Waals surface area contributed by atoms with E-state index in [0.717, 1.165) is 37.5 Å². The van der Waals surface area contributed by atoms with E-state index >= 15 is 0 Å². The summed E-state index contributed by atoms with van der Waals surface area (Å²) in [4.78, 5) is 9.77. The summed E-state index contributed by atoms with van der Waals surface area (Å²) in [6.07, 6.45) is 5.29. The fraction of sp³-hybridized carbons (Fsp3) is 1.00. The van der Waals surface area contributed by atoms with Crippen molar-refractivity contribution in [2.24, 2.45) is 23.7 Å². The Hall–Kier alpha value is -0.310. The second kappa shape index (κ2) is 2.63. The second-order valence-corrected chi connectivity index (χ2v) is 5.89. The van der Waals surface area contributed by atoms with E-state index in [4.69, 9.17) is 11.6 Å². The molecule has 4 rings (SSSR count). The highest BCUT2D eigenvalue weighted by molar-refractivity contribution is 6.23. The lowest BCUT2D eigenvalue weighted by molar-refractivity contribution is -0.574. The molecule has 0 heterocycles. The highest BCUT2D eigenvalue weighted by Gasteiger charge is 2.64. The van der Waals surface area contributed by atoms with Gasteiger partial charge in [-0.25, -0.2) is 0 Å². The second-order valence-electron chi connectivity index (χ2n) is 5.29. The van der Waals surface area contributed by atoms with Gasteiger partial charge < -0.3 is 0 Å². The van der Waals surface area contributed by atoms with Gasteiger partial charge in [0.05, 0.1) is 0 Å². The Labute approximate surface area is 88.0 Å². The topological polar surface area (TPSA) is 43.1 Å². The molecule has 3 nitrogen and oxygen atoms in total. The van der Waals surface area contributed by atoms with Crippen molar-refractivity contribution in [3.8, 4) is 0 Å². The third-order valence-electron chi connectivity index (χ3n) is 4.56. The molecule has 4 bridgehead atoms. The van der Waals surface area contributed by atoms with E-state index in [-0.39, 0.29) is 16.8 Å². The van der Waals surface area contributed by atoms with Gasteiger partial charge in [-0.3, -0.25) is 10.1 Å². The Bertz CT molecular complexity index is 264. The van der Waals surface area contributed by atoms with Gasteiger partial charge in [0.2, 0.25) is 0 Å². The summed E-state index contributed by atoms with van der Waals surface area (Å²) in [6.45, 7) is 0. The van der Waals surface area contributed by atoms with Gasteiger partial charge in [-0.2, -0.15) is 0 Å². The van der Waals surface area contributed by atoms with Crippen molar-refractivity contribution in [1.82, 2.24) is 0 Å². The minimum absolute atomic E-state index is 0.149. The first kappa shape index (κ1) is 8.96. The first-order valence-electron chi connectivity index (χ1n) is 5.44. The summed E-state index contributed by atoms with van der Waals surface area (Å²) in [5.41, 5.74) is 0. The van der Waals surface area contributed by atoms with Crippen molar-refractivity contribution in [3.63, 3.8) is 0 Å². The zero-order valence-corrected chi connectivity index (χ0v) is 8.74. The van der Waals surface area contributed by atoms with E-state index in [9.17, 15) is 10.1 Å².